The number of benzene rings is 1. The molecule has 2 rings (SSSR count). The van der Waals surface area contributed by atoms with Crippen molar-refractivity contribution in [3.05, 3.63) is 30.1 Å². The van der Waals surface area contributed by atoms with Crippen molar-refractivity contribution >= 4 is 39.8 Å². The van der Waals surface area contributed by atoms with E-state index in [1.54, 1.807) is 26.1 Å². The molecule has 1 aromatic heterocycles. The Labute approximate surface area is 124 Å². The van der Waals surface area contributed by atoms with Gasteiger partial charge < -0.3 is 10.6 Å². The number of aromatic nitrogens is 2. The molecule has 0 aliphatic carbocycles. The van der Waals surface area contributed by atoms with Gasteiger partial charge in [-0.05, 0) is 19.1 Å². The first kappa shape index (κ1) is 14.7. The van der Waals surface area contributed by atoms with Crippen molar-refractivity contribution in [1.29, 1.82) is 0 Å². The van der Waals surface area contributed by atoms with Crippen LogP contribution in [0.3, 0.4) is 0 Å². The molecule has 20 heavy (non-hydrogen) atoms. The van der Waals surface area contributed by atoms with Gasteiger partial charge in [-0.2, -0.15) is 0 Å². The molecule has 1 heterocycles. The molecule has 0 spiro atoms. The van der Waals surface area contributed by atoms with Crippen LogP contribution < -0.4 is 10.6 Å². The van der Waals surface area contributed by atoms with Gasteiger partial charge in [0.05, 0.1) is 10.9 Å². The lowest BCUT2D eigenvalue weighted by molar-refractivity contribution is -0.115. The Hall–Kier alpha value is -1.67. The minimum Gasteiger partial charge on any atom is -0.363 e. The zero-order chi connectivity index (χ0) is 14.5. The van der Waals surface area contributed by atoms with Crippen molar-refractivity contribution in [2.45, 2.75) is 16.5 Å². The van der Waals surface area contributed by atoms with Crippen molar-refractivity contribution in [2.75, 3.05) is 17.7 Å². The first-order valence-corrected chi connectivity index (χ1v) is 7.53. The normalized spacial score (nSPS) is 11.9. The van der Waals surface area contributed by atoms with Crippen molar-refractivity contribution < 1.29 is 9.18 Å². The van der Waals surface area contributed by atoms with E-state index in [4.69, 9.17) is 0 Å². The van der Waals surface area contributed by atoms with E-state index in [1.165, 1.54) is 35.2 Å². The number of nitrogens with one attached hydrogen (secondary N) is 2. The van der Waals surface area contributed by atoms with E-state index in [0.29, 0.717) is 9.47 Å². The molecule has 0 aliphatic heterocycles. The Bertz CT molecular complexity index is 605. The van der Waals surface area contributed by atoms with E-state index < -0.39 is 11.1 Å². The number of amides is 1. The summed E-state index contributed by atoms with van der Waals surface area (Å²) in [5.74, 6) is -0.729. The second kappa shape index (κ2) is 6.67. The molecule has 0 unspecified atom stereocenters. The van der Waals surface area contributed by atoms with E-state index in [-0.39, 0.29) is 11.6 Å². The maximum atomic E-state index is 13.4. The van der Waals surface area contributed by atoms with Crippen molar-refractivity contribution in [1.82, 2.24) is 10.2 Å². The number of carbonyl (C=O) groups is 1. The number of thioether (sulfide) groups is 1. The highest BCUT2D eigenvalue weighted by Crippen LogP contribution is 2.29. The van der Waals surface area contributed by atoms with Gasteiger partial charge in [-0.25, -0.2) is 4.39 Å². The fraction of sp³-hybridized carbons (Fsp3) is 0.250. The molecule has 1 atom stereocenters. The lowest BCUT2D eigenvalue weighted by atomic mass is 10.3. The minimum absolute atomic E-state index is 0.179. The highest BCUT2D eigenvalue weighted by Gasteiger charge is 2.18. The molecule has 1 amide bonds. The summed E-state index contributed by atoms with van der Waals surface area (Å²) in [5.41, 5.74) is 0.179. The molecule has 2 N–H and O–H groups in total. The van der Waals surface area contributed by atoms with Gasteiger partial charge in [0.2, 0.25) is 11.0 Å². The Kier molecular flexibility index (Phi) is 4.91. The largest absolute Gasteiger partial charge is 0.363 e. The number of halogens is 1. The van der Waals surface area contributed by atoms with Gasteiger partial charge in [-0.3, -0.25) is 4.79 Å². The third-order valence-electron chi connectivity index (χ3n) is 2.40. The van der Waals surface area contributed by atoms with Gasteiger partial charge in [0.1, 0.15) is 5.82 Å². The summed E-state index contributed by atoms with van der Waals surface area (Å²) in [6.45, 7) is 1.74. The van der Waals surface area contributed by atoms with Crippen LogP contribution >= 0.6 is 23.1 Å². The summed E-state index contributed by atoms with van der Waals surface area (Å²) in [6.07, 6.45) is 0. The third kappa shape index (κ3) is 3.67. The smallest absolute Gasteiger partial charge is 0.237 e. The maximum absolute atomic E-state index is 13.4. The fourth-order valence-corrected chi connectivity index (χ4v) is 3.21. The van der Waals surface area contributed by atoms with Crippen molar-refractivity contribution in [2.24, 2.45) is 0 Å². The SMILES string of the molecule is CNc1nnc(S[C@@H](C)C(=O)Nc2ccccc2F)s1. The minimum atomic E-state index is -0.452. The number of para-hydroxylation sites is 1. The molecule has 0 saturated heterocycles. The average molecular weight is 312 g/mol. The second-order valence-corrected chi connectivity index (χ2v) is 6.42. The summed E-state index contributed by atoms with van der Waals surface area (Å²) in [7, 11) is 1.75. The highest BCUT2D eigenvalue weighted by atomic mass is 32.2. The summed E-state index contributed by atoms with van der Waals surface area (Å²) in [6, 6.07) is 6.07. The summed E-state index contributed by atoms with van der Waals surface area (Å²) < 4.78 is 14.1. The molecule has 1 aromatic carbocycles. The summed E-state index contributed by atoms with van der Waals surface area (Å²) in [4.78, 5) is 12.0. The van der Waals surface area contributed by atoms with Gasteiger partial charge in [-0.15, -0.1) is 10.2 Å². The monoisotopic (exact) mass is 312 g/mol. The van der Waals surface area contributed by atoms with Gasteiger partial charge in [0.15, 0.2) is 4.34 Å². The van der Waals surface area contributed by atoms with Crippen molar-refractivity contribution in [3.63, 3.8) is 0 Å². The molecular formula is C12H13FN4OS2. The number of carbonyl (C=O) groups excluding carboxylic acids is 1. The van der Waals surface area contributed by atoms with E-state index in [1.807, 2.05) is 0 Å². The van der Waals surface area contributed by atoms with E-state index in [2.05, 4.69) is 20.8 Å². The van der Waals surface area contributed by atoms with Crippen molar-refractivity contribution in [3.8, 4) is 0 Å². The third-order valence-corrected chi connectivity index (χ3v) is 4.52. The van der Waals surface area contributed by atoms with Crippen LogP contribution in [-0.2, 0) is 4.79 Å². The zero-order valence-electron chi connectivity index (χ0n) is 10.9. The molecular weight excluding hydrogens is 299 g/mol. The van der Waals surface area contributed by atoms with E-state index >= 15 is 0 Å². The lowest BCUT2D eigenvalue weighted by Gasteiger charge is -2.10. The Morgan fingerprint density at radius 1 is 1.40 bits per heavy atom. The van der Waals surface area contributed by atoms with Gasteiger partial charge >= 0.3 is 0 Å². The maximum Gasteiger partial charge on any atom is 0.237 e. The zero-order valence-corrected chi connectivity index (χ0v) is 12.5. The predicted molar refractivity (Wildman–Crippen MR) is 79.8 cm³/mol. The van der Waals surface area contributed by atoms with Crippen LogP contribution in [0.5, 0.6) is 0 Å². The number of hydrogen-bond donors (Lipinski definition) is 2. The van der Waals surface area contributed by atoms with Crippen LogP contribution in [0.2, 0.25) is 0 Å². The van der Waals surface area contributed by atoms with Crippen LogP contribution in [0, 0.1) is 5.82 Å². The van der Waals surface area contributed by atoms with E-state index in [0.717, 1.165) is 0 Å². The first-order valence-electron chi connectivity index (χ1n) is 5.83. The highest BCUT2D eigenvalue weighted by molar-refractivity contribution is 8.02. The van der Waals surface area contributed by atoms with E-state index in [9.17, 15) is 9.18 Å². The summed E-state index contributed by atoms with van der Waals surface area (Å²) in [5, 5.41) is 13.6. The molecule has 0 bridgehead atoms. The summed E-state index contributed by atoms with van der Waals surface area (Å²) >= 11 is 2.65. The molecule has 2 aromatic rings. The second-order valence-electron chi connectivity index (χ2n) is 3.85. The Balaban J connectivity index is 1.97. The lowest BCUT2D eigenvalue weighted by Crippen LogP contribution is -2.22. The van der Waals surface area contributed by atoms with Gasteiger partial charge in [-0.1, -0.05) is 35.2 Å². The molecule has 8 heteroatoms. The molecule has 0 saturated carbocycles. The topological polar surface area (TPSA) is 66.9 Å². The molecule has 0 aliphatic rings. The number of nitrogens with zero attached hydrogens (tertiary/aromatic N) is 2. The van der Waals surface area contributed by atoms with Crippen LogP contribution in [0.15, 0.2) is 28.6 Å². The Morgan fingerprint density at radius 3 is 2.80 bits per heavy atom. The number of anilines is 2. The molecule has 106 valence electrons. The van der Waals surface area contributed by atoms with Gasteiger partial charge in [0, 0.05) is 7.05 Å². The number of rotatable bonds is 5. The van der Waals surface area contributed by atoms with Crippen LogP contribution in [0.4, 0.5) is 15.2 Å². The first-order chi connectivity index (χ1) is 9.60. The fourth-order valence-electron chi connectivity index (χ4n) is 1.36. The molecule has 0 fully saturated rings. The number of hydrogen-bond acceptors (Lipinski definition) is 6. The molecule has 0 radical (unpaired) electrons. The predicted octanol–water partition coefficient (Wildman–Crippen LogP) is 2.84. The Morgan fingerprint density at radius 2 is 2.15 bits per heavy atom. The quantitative estimate of drug-likeness (QED) is 0.831. The van der Waals surface area contributed by atoms with Crippen LogP contribution in [0.25, 0.3) is 0 Å². The molecule has 5 nitrogen and oxygen atoms in total. The van der Waals surface area contributed by atoms with Crippen LogP contribution in [-0.4, -0.2) is 28.4 Å². The standard InChI is InChI=1S/C12H13FN4OS2/c1-7(19-12-17-16-11(14-2)20-12)10(18)15-9-6-4-3-5-8(9)13/h3-7H,1-2H3,(H,14,16)(H,15,18)/t7-/m0/s1. The van der Waals surface area contributed by atoms with Gasteiger partial charge in [0.25, 0.3) is 0 Å². The van der Waals surface area contributed by atoms with Crippen LogP contribution in [0.1, 0.15) is 6.92 Å². The average Bonchev–Trinajstić information content (AvgIpc) is 2.89.